The van der Waals surface area contributed by atoms with Crippen molar-refractivity contribution in [3.8, 4) is 0 Å². The number of hydrogen-bond acceptors (Lipinski definition) is 21. The Morgan fingerprint density at radius 1 is 0.378 bits per heavy atom. The van der Waals surface area contributed by atoms with Crippen LogP contribution in [0.4, 0.5) is 0 Å². The summed E-state index contributed by atoms with van der Waals surface area (Å²) in [6, 6.07) is 0. The molecule has 4 aliphatic heterocycles. The van der Waals surface area contributed by atoms with E-state index in [1.54, 1.807) is 0 Å². The fourth-order valence-electron chi connectivity index (χ4n) is 5.33. The molecule has 4 aliphatic rings. The van der Waals surface area contributed by atoms with Crippen LogP contribution in [-0.2, 0) is 33.2 Å². The molecule has 20 atom stereocenters. The predicted octanol–water partition coefficient (Wildman–Crippen LogP) is -9.75. The number of aliphatic hydroxyl groups excluding tert-OH is 14. The molecule has 14 N–H and O–H groups in total. The molecule has 21 nitrogen and oxygen atoms in total. The highest BCUT2D eigenvalue weighted by Gasteiger charge is 2.52. The summed E-state index contributed by atoms with van der Waals surface area (Å²) in [4.78, 5) is 0. The standard InChI is InChI=1S/C24H42O21/c25-1-5-9(27)14(32)17(35)22(42-5)39-4-8-12(30)20(45-24-18(36)15(33)10(28)6(2-26)43-24)19(37)23(44-8)40-3-7-11(29)13(31)16(34)21(38)41-7/h5-38H,1-4H2/t5-,6-,7-,8-,9-,10-,11-,12-,13+,14+,15+,16-,17-,18-,19-,20+,21?,22-,23-,24+/m1/s1. The average Bonchev–Trinajstić information content (AvgIpc) is 3.02. The number of rotatable bonds is 10. The fourth-order valence-corrected chi connectivity index (χ4v) is 5.33. The van der Waals surface area contributed by atoms with Gasteiger partial charge in [-0.05, 0) is 0 Å². The number of ether oxygens (including phenoxy) is 7. The van der Waals surface area contributed by atoms with Crippen molar-refractivity contribution in [3.05, 3.63) is 0 Å². The highest BCUT2D eigenvalue weighted by Crippen LogP contribution is 2.31. The smallest absolute Gasteiger partial charge is 0.187 e. The van der Waals surface area contributed by atoms with Crippen molar-refractivity contribution < 1.29 is 105 Å². The molecule has 264 valence electrons. The first-order valence-corrected chi connectivity index (χ1v) is 14.1. The molecule has 4 rings (SSSR count). The summed E-state index contributed by atoms with van der Waals surface area (Å²) in [5.41, 5.74) is 0. The minimum Gasteiger partial charge on any atom is -0.394 e. The minimum atomic E-state index is -1.96. The SMILES string of the molecule is OC[C@H]1O[C@@H](OC[C@H]2O[C@@H](OC[C@H]3OC(O)[C@H](O)[C@@H](O)[C@@H]3O)[C@H](O)[C@@H](O[C@@H]3O[C@H](CO)[C@@H](O)[C@H](O)[C@H]3O)[C@@H]2O)[C@H](O)[C@@H](O)[C@@H]1O. The van der Waals surface area contributed by atoms with E-state index in [4.69, 9.17) is 33.2 Å². The Hall–Kier alpha value is -0.840. The molecule has 4 saturated heterocycles. The summed E-state index contributed by atoms with van der Waals surface area (Å²) >= 11 is 0. The first kappa shape index (κ1) is 37.0. The Labute approximate surface area is 254 Å². The molecule has 0 aromatic rings. The maximum absolute atomic E-state index is 11.1. The second kappa shape index (κ2) is 15.6. The molecular weight excluding hydrogens is 624 g/mol. The highest BCUT2D eigenvalue weighted by atomic mass is 16.8. The lowest BCUT2D eigenvalue weighted by atomic mass is 9.96. The van der Waals surface area contributed by atoms with Gasteiger partial charge in [0.25, 0.3) is 0 Å². The Kier molecular flexibility index (Phi) is 12.8. The summed E-state index contributed by atoms with van der Waals surface area (Å²) in [5.74, 6) is 0. The molecule has 0 spiro atoms. The molecule has 0 bridgehead atoms. The van der Waals surface area contributed by atoms with Crippen LogP contribution in [-0.4, -0.2) is 221 Å². The van der Waals surface area contributed by atoms with E-state index in [2.05, 4.69) is 0 Å². The Morgan fingerprint density at radius 3 is 1.31 bits per heavy atom. The van der Waals surface area contributed by atoms with Gasteiger partial charge < -0.3 is 105 Å². The topological polar surface area (TPSA) is 348 Å². The van der Waals surface area contributed by atoms with Gasteiger partial charge in [0.15, 0.2) is 25.2 Å². The highest BCUT2D eigenvalue weighted by molar-refractivity contribution is 4.96. The summed E-state index contributed by atoms with van der Waals surface area (Å²) in [7, 11) is 0. The minimum absolute atomic E-state index is 0.702. The Bertz CT molecular complexity index is 914. The average molecular weight is 667 g/mol. The van der Waals surface area contributed by atoms with E-state index in [9.17, 15) is 71.5 Å². The van der Waals surface area contributed by atoms with Crippen LogP contribution in [0.25, 0.3) is 0 Å². The molecule has 1 unspecified atom stereocenters. The van der Waals surface area contributed by atoms with Gasteiger partial charge in [-0.2, -0.15) is 0 Å². The van der Waals surface area contributed by atoms with Crippen LogP contribution in [0.3, 0.4) is 0 Å². The maximum atomic E-state index is 11.1. The van der Waals surface area contributed by atoms with Gasteiger partial charge in [0, 0.05) is 0 Å². The van der Waals surface area contributed by atoms with E-state index >= 15 is 0 Å². The molecule has 4 fully saturated rings. The van der Waals surface area contributed by atoms with E-state index < -0.39 is 149 Å². The van der Waals surface area contributed by atoms with Crippen molar-refractivity contribution in [2.45, 2.75) is 123 Å². The molecular formula is C24H42O21. The van der Waals surface area contributed by atoms with E-state index in [0.717, 1.165) is 0 Å². The molecule has 21 heteroatoms. The van der Waals surface area contributed by atoms with E-state index in [1.165, 1.54) is 0 Å². The van der Waals surface area contributed by atoms with Crippen LogP contribution in [0.15, 0.2) is 0 Å². The Morgan fingerprint density at radius 2 is 0.778 bits per heavy atom. The molecule has 0 saturated carbocycles. The number of aliphatic hydroxyl groups is 14. The van der Waals surface area contributed by atoms with Gasteiger partial charge in [-0.3, -0.25) is 0 Å². The quantitative estimate of drug-likeness (QED) is 0.103. The maximum Gasteiger partial charge on any atom is 0.187 e. The first-order valence-electron chi connectivity index (χ1n) is 14.1. The van der Waals surface area contributed by atoms with Crippen LogP contribution in [0.5, 0.6) is 0 Å². The second-order valence-corrected chi connectivity index (χ2v) is 11.2. The van der Waals surface area contributed by atoms with Crippen LogP contribution in [0.1, 0.15) is 0 Å². The van der Waals surface area contributed by atoms with Crippen molar-refractivity contribution >= 4 is 0 Å². The van der Waals surface area contributed by atoms with Crippen molar-refractivity contribution in [2.24, 2.45) is 0 Å². The molecule has 0 aromatic heterocycles. The van der Waals surface area contributed by atoms with Gasteiger partial charge in [0.2, 0.25) is 0 Å². The third kappa shape index (κ3) is 7.75. The van der Waals surface area contributed by atoms with Gasteiger partial charge >= 0.3 is 0 Å². The van der Waals surface area contributed by atoms with E-state index in [-0.39, 0.29) is 0 Å². The summed E-state index contributed by atoms with van der Waals surface area (Å²) in [6.07, 6.45) is -35.1. The molecule has 4 heterocycles. The first-order chi connectivity index (χ1) is 21.2. The molecule has 0 aliphatic carbocycles. The van der Waals surface area contributed by atoms with Crippen molar-refractivity contribution in [2.75, 3.05) is 26.4 Å². The lowest BCUT2D eigenvalue weighted by Gasteiger charge is -2.47. The summed E-state index contributed by atoms with van der Waals surface area (Å²) in [6.45, 7) is -2.99. The normalized spacial score (nSPS) is 52.9. The lowest BCUT2D eigenvalue weighted by Crippen LogP contribution is -2.65. The van der Waals surface area contributed by atoms with E-state index in [0.29, 0.717) is 0 Å². The third-order valence-corrected chi connectivity index (χ3v) is 8.17. The zero-order valence-electron chi connectivity index (χ0n) is 23.5. The van der Waals surface area contributed by atoms with Crippen LogP contribution in [0, 0.1) is 0 Å². The number of hydrogen-bond donors (Lipinski definition) is 14. The van der Waals surface area contributed by atoms with Gasteiger partial charge in [-0.15, -0.1) is 0 Å². The monoisotopic (exact) mass is 666 g/mol. The van der Waals surface area contributed by atoms with Gasteiger partial charge in [-0.1, -0.05) is 0 Å². The zero-order chi connectivity index (χ0) is 33.3. The van der Waals surface area contributed by atoms with Crippen molar-refractivity contribution in [3.63, 3.8) is 0 Å². The molecule has 45 heavy (non-hydrogen) atoms. The molecule has 0 radical (unpaired) electrons. The lowest BCUT2D eigenvalue weighted by molar-refractivity contribution is -0.370. The van der Waals surface area contributed by atoms with Crippen LogP contribution >= 0.6 is 0 Å². The summed E-state index contributed by atoms with van der Waals surface area (Å²) < 4.78 is 37.7. The van der Waals surface area contributed by atoms with Gasteiger partial charge in [-0.25, -0.2) is 0 Å². The van der Waals surface area contributed by atoms with Crippen molar-refractivity contribution in [1.29, 1.82) is 0 Å². The fraction of sp³-hybridized carbons (Fsp3) is 1.00. The van der Waals surface area contributed by atoms with Crippen LogP contribution in [0.2, 0.25) is 0 Å². The Balaban J connectivity index is 1.50. The third-order valence-electron chi connectivity index (χ3n) is 8.17. The largest absolute Gasteiger partial charge is 0.394 e. The van der Waals surface area contributed by atoms with Crippen LogP contribution < -0.4 is 0 Å². The second-order valence-electron chi connectivity index (χ2n) is 11.2. The van der Waals surface area contributed by atoms with Gasteiger partial charge in [0.1, 0.15) is 97.7 Å². The molecule has 0 aromatic carbocycles. The van der Waals surface area contributed by atoms with Crippen molar-refractivity contribution in [1.82, 2.24) is 0 Å². The van der Waals surface area contributed by atoms with E-state index in [1.807, 2.05) is 0 Å². The summed E-state index contributed by atoms with van der Waals surface area (Å²) in [5, 5.41) is 142. The predicted molar refractivity (Wildman–Crippen MR) is 134 cm³/mol. The van der Waals surface area contributed by atoms with Gasteiger partial charge in [0.05, 0.1) is 26.4 Å². The molecule has 0 amide bonds. The zero-order valence-corrected chi connectivity index (χ0v) is 23.5.